The van der Waals surface area contributed by atoms with Gasteiger partial charge in [-0.1, -0.05) is 60.7 Å². The molecule has 0 aliphatic carbocycles. The van der Waals surface area contributed by atoms with E-state index in [0.717, 1.165) is 26.9 Å². The molecule has 0 fully saturated rings. The maximum atomic E-state index is 12.8. The summed E-state index contributed by atoms with van der Waals surface area (Å²) in [6, 6.07) is 19.9. The number of aryl methyl sites for hydroxylation is 1. The van der Waals surface area contributed by atoms with Crippen LogP contribution in [-0.2, 0) is 7.05 Å². The number of hydrogen-bond acceptors (Lipinski definition) is 4. The summed E-state index contributed by atoms with van der Waals surface area (Å²) in [5.41, 5.74) is 3.47. The summed E-state index contributed by atoms with van der Waals surface area (Å²) in [7, 11) is 1.78. The van der Waals surface area contributed by atoms with E-state index in [2.05, 4.69) is 22.6 Å². The first kappa shape index (κ1) is 15.0. The lowest BCUT2D eigenvalue weighted by Crippen LogP contribution is -2.24. The molecule has 5 aromatic rings. The lowest BCUT2D eigenvalue weighted by atomic mass is 10.1. The van der Waals surface area contributed by atoms with Gasteiger partial charge in [0.15, 0.2) is 11.5 Å². The Morgan fingerprint density at radius 3 is 2.27 bits per heavy atom. The first-order valence-corrected chi connectivity index (χ1v) is 9.10. The van der Waals surface area contributed by atoms with Gasteiger partial charge in [0.1, 0.15) is 4.83 Å². The Labute approximate surface area is 152 Å². The van der Waals surface area contributed by atoms with E-state index in [9.17, 15) is 4.79 Å². The Balaban J connectivity index is 1.90. The van der Waals surface area contributed by atoms with E-state index < -0.39 is 0 Å². The topological polar surface area (TPSA) is 52.2 Å². The molecule has 2 aromatic carbocycles. The molecule has 0 amide bonds. The summed E-state index contributed by atoms with van der Waals surface area (Å²) in [6.45, 7) is 0. The predicted molar refractivity (Wildman–Crippen MR) is 104 cm³/mol. The molecule has 5 nitrogen and oxygen atoms in total. The van der Waals surface area contributed by atoms with Crippen LogP contribution >= 0.6 is 11.3 Å². The number of benzene rings is 2. The van der Waals surface area contributed by atoms with Crippen molar-refractivity contribution in [1.82, 2.24) is 19.2 Å². The molecule has 0 aliphatic heterocycles. The molecule has 0 atom stereocenters. The van der Waals surface area contributed by atoms with Gasteiger partial charge in [0.25, 0.3) is 0 Å². The van der Waals surface area contributed by atoms with Crippen molar-refractivity contribution >= 4 is 27.2 Å². The van der Waals surface area contributed by atoms with Crippen molar-refractivity contribution in [1.29, 1.82) is 0 Å². The standard InChI is InChI=1S/C20H14N4OS/c1-23-19-16(15(12-26-19)13-8-4-2-5-9-13)18-21-17(22-24(18)20(23)25)14-10-6-3-7-11-14/h2-12H,1H3. The number of hydrogen-bond donors (Lipinski definition) is 0. The van der Waals surface area contributed by atoms with Crippen molar-refractivity contribution in [2.45, 2.75) is 0 Å². The van der Waals surface area contributed by atoms with Gasteiger partial charge in [-0.25, -0.2) is 9.78 Å². The molecule has 5 rings (SSSR count). The number of nitrogens with zero attached hydrogens (tertiary/aromatic N) is 4. The monoisotopic (exact) mass is 358 g/mol. The molecule has 126 valence electrons. The predicted octanol–water partition coefficient (Wildman–Crippen LogP) is 3.98. The molecule has 26 heavy (non-hydrogen) atoms. The highest BCUT2D eigenvalue weighted by Crippen LogP contribution is 2.35. The molecule has 0 N–H and O–H groups in total. The van der Waals surface area contributed by atoms with Gasteiger partial charge in [-0.05, 0) is 5.56 Å². The zero-order valence-electron chi connectivity index (χ0n) is 14.0. The van der Waals surface area contributed by atoms with E-state index in [0.29, 0.717) is 11.5 Å². The Morgan fingerprint density at radius 2 is 1.58 bits per heavy atom. The van der Waals surface area contributed by atoms with Crippen LogP contribution in [0.4, 0.5) is 0 Å². The van der Waals surface area contributed by atoms with Crippen LogP contribution in [0.1, 0.15) is 0 Å². The summed E-state index contributed by atoms with van der Waals surface area (Å²) in [5, 5.41) is 7.52. The Hall–Kier alpha value is -3.25. The summed E-state index contributed by atoms with van der Waals surface area (Å²) in [5.74, 6) is 0.556. The second-order valence-corrected chi connectivity index (χ2v) is 6.93. The molecule has 0 saturated carbocycles. The lowest BCUT2D eigenvalue weighted by Gasteiger charge is -2.03. The molecule has 0 unspecified atom stereocenters. The molecular formula is C20H14N4OS. The van der Waals surface area contributed by atoms with E-state index in [4.69, 9.17) is 4.98 Å². The molecule has 3 heterocycles. The minimum atomic E-state index is -0.191. The summed E-state index contributed by atoms with van der Waals surface area (Å²) in [4.78, 5) is 18.4. The molecular weight excluding hydrogens is 344 g/mol. The third-order valence-electron chi connectivity index (χ3n) is 4.49. The molecule has 0 saturated heterocycles. The normalized spacial score (nSPS) is 11.4. The largest absolute Gasteiger partial charge is 0.351 e. The van der Waals surface area contributed by atoms with Crippen molar-refractivity contribution < 1.29 is 0 Å². The van der Waals surface area contributed by atoms with Crippen LogP contribution in [0.15, 0.2) is 70.8 Å². The van der Waals surface area contributed by atoms with Gasteiger partial charge in [0.2, 0.25) is 0 Å². The van der Waals surface area contributed by atoms with Gasteiger partial charge < -0.3 is 0 Å². The molecule has 0 bridgehead atoms. The van der Waals surface area contributed by atoms with Crippen LogP contribution in [0.2, 0.25) is 0 Å². The van der Waals surface area contributed by atoms with Crippen LogP contribution in [0.5, 0.6) is 0 Å². The Morgan fingerprint density at radius 1 is 0.923 bits per heavy atom. The fourth-order valence-corrected chi connectivity index (χ4v) is 4.23. The summed E-state index contributed by atoms with van der Waals surface area (Å²) < 4.78 is 3.05. The summed E-state index contributed by atoms with van der Waals surface area (Å²) in [6.07, 6.45) is 0. The third-order valence-corrected chi connectivity index (χ3v) is 5.55. The molecule has 0 aliphatic rings. The zero-order chi connectivity index (χ0) is 17.7. The van der Waals surface area contributed by atoms with Gasteiger partial charge >= 0.3 is 5.69 Å². The smallest absolute Gasteiger partial charge is 0.286 e. The zero-order valence-corrected chi connectivity index (χ0v) is 14.8. The molecule has 0 spiro atoms. The van der Waals surface area contributed by atoms with Crippen molar-refractivity contribution in [3.05, 3.63) is 76.5 Å². The quantitative estimate of drug-likeness (QED) is 0.480. The number of rotatable bonds is 2. The number of aromatic nitrogens is 4. The van der Waals surface area contributed by atoms with Crippen LogP contribution in [0, 0.1) is 0 Å². The first-order chi connectivity index (χ1) is 12.7. The second kappa shape index (κ2) is 5.64. The average molecular weight is 358 g/mol. The molecule has 0 radical (unpaired) electrons. The number of thiophene rings is 1. The van der Waals surface area contributed by atoms with Gasteiger partial charge in [-0.3, -0.25) is 4.57 Å². The van der Waals surface area contributed by atoms with E-state index >= 15 is 0 Å². The third kappa shape index (κ3) is 2.12. The van der Waals surface area contributed by atoms with Gasteiger partial charge in [-0.2, -0.15) is 4.52 Å². The maximum absolute atomic E-state index is 12.8. The minimum Gasteiger partial charge on any atom is -0.286 e. The van der Waals surface area contributed by atoms with Crippen LogP contribution in [0.3, 0.4) is 0 Å². The van der Waals surface area contributed by atoms with Gasteiger partial charge in [-0.15, -0.1) is 16.4 Å². The summed E-state index contributed by atoms with van der Waals surface area (Å²) >= 11 is 1.55. The molecule has 3 aromatic heterocycles. The molecule has 6 heteroatoms. The van der Waals surface area contributed by atoms with Crippen LogP contribution in [-0.4, -0.2) is 19.2 Å². The Kier molecular flexibility index (Phi) is 3.26. The lowest BCUT2D eigenvalue weighted by molar-refractivity contribution is 0.778. The maximum Gasteiger partial charge on any atom is 0.351 e. The van der Waals surface area contributed by atoms with Crippen molar-refractivity contribution in [3.8, 4) is 22.5 Å². The number of fused-ring (bicyclic) bond motifs is 3. The Bertz CT molecular complexity index is 1300. The van der Waals surface area contributed by atoms with Crippen molar-refractivity contribution in [3.63, 3.8) is 0 Å². The van der Waals surface area contributed by atoms with E-state index in [1.54, 1.807) is 23.0 Å². The fraction of sp³-hybridized carbons (Fsp3) is 0.0500. The highest BCUT2D eigenvalue weighted by Gasteiger charge is 2.19. The highest BCUT2D eigenvalue weighted by molar-refractivity contribution is 7.17. The SMILES string of the molecule is Cn1c(=O)n2nc(-c3ccccc3)nc2c2c(-c3ccccc3)csc21. The second-order valence-electron chi connectivity index (χ2n) is 6.07. The van der Waals surface area contributed by atoms with E-state index in [1.807, 2.05) is 48.5 Å². The first-order valence-electron chi connectivity index (χ1n) is 8.22. The average Bonchev–Trinajstić information content (AvgIpc) is 3.32. The van der Waals surface area contributed by atoms with Crippen molar-refractivity contribution in [2.75, 3.05) is 0 Å². The van der Waals surface area contributed by atoms with Gasteiger partial charge in [0, 0.05) is 23.6 Å². The van der Waals surface area contributed by atoms with E-state index in [-0.39, 0.29) is 5.69 Å². The highest BCUT2D eigenvalue weighted by atomic mass is 32.1. The van der Waals surface area contributed by atoms with Crippen LogP contribution < -0.4 is 5.69 Å². The van der Waals surface area contributed by atoms with Crippen molar-refractivity contribution in [2.24, 2.45) is 7.05 Å². The minimum absolute atomic E-state index is 0.191. The fourth-order valence-electron chi connectivity index (χ4n) is 3.19. The van der Waals surface area contributed by atoms with Crippen LogP contribution in [0.25, 0.3) is 38.4 Å². The van der Waals surface area contributed by atoms with E-state index in [1.165, 1.54) is 4.52 Å². The van der Waals surface area contributed by atoms with Gasteiger partial charge in [0.05, 0.1) is 5.39 Å².